The molecular weight excluding hydrogens is 236 g/mol. The van der Waals surface area contributed by atoms with Gasteiger partial charge in [0.2, 0.25) is 10.0 Å². The molecule has 0 aliphatic heterocycles. The molecule has 0 saturated heterocycles. The van der Waals surface area contributed by atoms with E-state index in [1.165, 1.54) is 4.31 Å². The monoisotopic (exact) mass is 258 g/mol. The van der Waals surface area contributed by atoms with Crippen molar-refractivity contribution in [3.05, 3.63) is 0 Å². The molecule has 0 unspecified atom stereocenters. The zero-order valence-corrected chi connectivity index (χ0v) is 11.6. The summed E-state index contributed by atoms with van der Waals surface area (Å²) >= 11 is 0. The third-order valence-corrected chi connectivity index (χ3v) is 4.14. The van der Waals surface area contributed by atoms with Crippen molar-refractivity contribution >= 4 is 22.4 Å². The number of rotatable bonds is 6. The molecular formula is C9H23ClN2O2S. The Morgan fingerprint density at radius 2 is 1.80 bits per heavy atom. The van der Waals surface area contributed by atoms with Crippen LogP contribution in [-0.4, -0.2) is 38.6 Å². The summed E-state index contributed by atoms with van der Waals surface area (Å²) in [5.74, 6) is 0.212. The van der Waals surface area contributed by atoms with Crippen molar-refractivity contribution in [2.24, 2.45) is 11.1 Å². The van der Waals surface area contributed by atoms with Gasteiger partial charge in [0, 0.05) is 13.6 Å². The molecule has 0 aromatic carbocycles. The summed E-state index contributed by atoms with van der Waals surface area (Å²) in [6, 6.07) is 0. The van der Waals surface area contributed by atoms with Gasteiger partial charge in [-0.1, -0.05) is 20.8 Å². The topological polar surface area (TPSA) is 63.4 Å². The molecule has 0 bridgehead atoms. The average molecular weight is 259 g/mol. The number of halogens is 1. The van der Waals surface area contributed by atoms with Gasteiger partial charge in [0.05, 0.1) is 5.75 Å². The van der Waals surface area contributed by atoms with E-state index < -0.39 is 10.0 Å². The Balaban J connectivity index is 0. The molecule has 0 heterocycles. The summed E-state index contributed by atoms with van der Waals surface area (Å²) in [5, 5.41) is 0. The van der Waals surface area contributed by atoms with Crippen LogP contribution < -0.4 is 5.73 Å². The Labute approximate surface area is 99.7 Å². The summed E-state index contributed by atoms with van der Waals surface area (Å²) in [4.78, 5) is 0. The van der Waals surface area contributed by atoms with Gasteiger partial charge in [-0.05, 0) is 18.4 Å². The number of sulfonamides is 1. The largest absolute Gasteiger partial charge is 0.330 e. The van der Waals surface area contributed by atoms with Gasteiger partial charge in [-0.25, -0.2) is 12.7 Å². The fourth-order valence-corrected chi connectivity index (χ4v) is 2.55. The lowest BCUT2D eigenvalue weighted by molar-refractivity contribution is 0.292. The lowest BCUT2D eigenvalue weighted by Crippen LogP contribution is -2.40. The first-order valence-electron chi connectivity index (χ1n) is 4.89. The van der Waals surface area contributed by atoms with E-state index in [1.807, 2.05) is 20.8 Å². The minimum Gasteiger partial charge on any atom is -0.330 e. The first-order valence-corrected chi connectivity index (χ1v) is 6.50. The Morgan fingerprint density at radius 3 is 2.13 bits per heavy atom. The molecule has 0 fully saturated rings. The van der Waals surface area contributed by atoms with Gasteiger partial charge in [0.1, 0.15) is 0 Å². The molecule has 0 spiro atoms. The van der Waals surface area contributed by atoms with Crippen LogP contribution in [0.15, 0.2) is 0 Å². The normalized spacial score (nSPS) is 12.7. The minimum atomic E-state index is -3.08. The Kier molecular flexibility index (Phi) is 7.82. The van der Waals surface area contributed by atoms with Crippen molar-refractivity contribution in [1.29, 1.82) is 0 Å². The molecule has 4 nitrogen and oxygen atoms in total. The maximum absolute atomic E-state index is 11.6. The Hall–Kier alpha value is 0.160. The van der Waals surface area contributed by atoms with Crippen molar-refractivity contribution in [2.45, 2.75) is 27.2 Å². The van der Waals surface area contributed by atoms with Crippen molar-refractivity contribution in [1.82, 2.24) is 4.31 Å². The van der Waals surface area contributed by atoms with Gasteiger partial charge in [0.25, 0.3) is 0 Å². The van der Waals surface area contributed by atoms with E-state index in [1.54, 1.807) is 7.05 Å². The molecule has 0 aliphatic rings. The summed E-state index contributed by atoms with van der Waals surface area (Å²) in [6.45, 7) is 6.75. The molecule has 6 heteroatoms. The summed E-state index contributed by atoms with van der Waals surface area (Å²) in [5.41, 5.74) is 5.39. The quantitative estimate of drug-likeness (QED) is 0.775. The SMILES string of the molecule is CCCS(=O)(=O)N(C)CC(C)(C)CN.Cl. The second-order valence-electron chi connectivity index (χ2n) is 4.44. The lowest BCUT2D eigenvalue weighted by Gasteiger charge is -2.28. The van der Waals surface area contributed by atoms with Gasteiger partial charge >= 0.3 is 0 Å². The van der Waals surface area contributed by atoms with Crippen LogP contribution in [-0.2, 0) is 10.0 Å². The molecule has 0 aromatic heterocycles. The van der Waals surface area contributed by atoms with Gasteiger partial charge in [-0.3, -0.25) is 0 Å². The fourth-order valence-electron chi connectivity index (χ4n) is 1.18. The molecule has 15 heavy (non-hydrogen) atoms. The van der Waals surface area contributed by atoms with Gasteiger partial charge in [-0.15, -0.1) is 12.4 Å². The summed E-state index contributed by atoms with van der Waals surface area (Å²) in [6.07, 6.45) is 0.649. The van der Waals surface area contributed by atoms with E-state index in [2.05, 4.69) is 0 Å². The van der Waals surface area contributed by atoms with Crippen molar-refractivity contribution in [3.63, 3.8) is 0 Å². The van der Waals surface area contributed by atoms with Crippen LogP contribution >= 0.6 is 12.4 Å². The highest BCUT2D eigenvalue weighted by atomic mass is 35.5. The molecule has 0 atom stereocenters. The highest BCUT2D eigenvalue weighted by Crippen LogP contribution is 2.16. The van der Waals surface area contributed by atoms with E-state index in [0.717, 1.165) is 0 Å². The lowest BCUT2D eigenvalue weighted by atomic mass is 9.94. The predicted molar refractivity (Wildman–Crippen MR) is 66.8 cm³/mol. The molecule has 0 rings (SSSR count). The molecule has 2 N–H and O–H groups in total. The second kappa shape index (κ2) is 6.68. The summed E-state index contributed by atoms with van der Waals surface area (Å²) < 4.78 is 24.6. The first-order chi connectivity index (χ1) is 6.25. The van der Waals surface area contributed by atoms with E-state index >= 15 is 0 Å². The molecule has 94 valence electrons. The Morgan fingerprint density at radius 1 is 1.33 bits per heavy atom. The smallest absolute Gasteiger partial charge is 0.213 e. The van der Waals surface area contributed by atoms with E-state index in [0.29, 0.717) is 19.5 Å². The average Bonchev–Trinajstić information content (AvgIpc) is 2.03. The molecule has 0 radical (unpaired) electrons. The maximum atomic E-state index is 11.6. The van der Waals surface area contributed by atoms with Crippen LogP contribution in [0, 0.1) is 5.41 Å². The fraction of sp³-hybridized carbons (Fsp3) is 1.00. The number of hydrogen-bond donors (Lipinski definition) is 1. The van der Waals surface area contributed by atoms with Gasteiger partial charge in [0.15, 0.2) is 0 Å². The number of hydrogen-bond acceptors (Lipinski definition) is 3. The third-order valence-electron chi connectivity index (χ3n) is 2.14. The van der Waals surface area contributed by atoms with Crippen LogP contribution in [0.1, 0.15) is 27.2 Å². The summed E-state index contributed by atoms with van der Waals surface area (Å²) in [7, 11) is -1.46. The van der Waals surface area contributed by atoms with Crippen LogP contribution in [0.3, 0.4) is 0 Å². The van der Waals surface area contributed by atoms with Crippen molar-refractivity contribution in [2.75, 3.05) is 25.9 Å². The van der Waals surface area contributed by atoms with Gasteiger partial charge in [-0.2, -0.15) is 0 Å². The maximum Gasteiger partial charge on any atom is 0.213 e. The van der Waals surface area contributed by atoms with E-state index in [4.69, 9.17) is 5.73 Å². The number of nitrogens with zero attached hydrogens (tertiary/aromatic N) is 1. The third kappa shape index (κ3) is 6.35. The van der Waals surface area contributed by atoms with Crippen LogP contribution in [0.2, 0.25) is 0 Å². The highest BCUT2D eigenvalue weighted by Gasteiger charge is 2.24. The minimum absolute atomic E-state index is 0. The van der Waals surface area contributed by atoms with Crippen LogP contribution in [0.25, 0.3) is 0 Å². The zero-order valence-electron chi connectivity index (χ0n) is 9.99. The molecule has 0 saturated carbocycles. The first kappa shape index (κ1) is 17.6. The Bertz CT molecular complexity index is 265. The van der Waals surface area contributed by atoms with Gasteiger partial charge < -0.3 is 5.73 Å². The van der Waals surface area contributed by atoms with Crippen LogP contribution in [0.4, 0.5) is 0 Å². The molecule has 0 aliphatic carbocycles. The standard InChI is InChI=1S/C9H22N2O2S.ClH/c1-5-6-14(12,13)11(4)8-9(2,3)7-10;/h5-8,10H2,1-4H3;1H. The molecule has 0 aromatic rings. The zero-order chi connectivity index (χ0) is 11.4. The molecule has 0 amide bonds. The van der Waals surface area contributed by atoms with Crippen molar-refractivity contribution in [3.8, 4) is 0 Å². The van der Waals surface area contributed by atoms with Crippen LogP contribution in [0.5, 0.6) is 0 Å². The highest BCUT2D eigenvalue weighted by molar-refractivity contribution is 7.89. The number of nitrogens with two attached hydrogens (primary N) is 1. The van der Waals surface area contributed by atoms with E-state index in [9.17, 15) is 8.42 Å². The second-order valence-corrected chi connectivity index (χ2v) is 6.64. The van der Waals surface area contributed by atoms with E-state index in [-0.39, 0.29) is 23.6 Å². The van der Waals surface area contributed by atoms with Crippen molar-refractivity contribution < 1.29 is 8.42 Å². The predicted octanol–water partition coefficient (Wildman–Crippen LogP) is 1.06.